The van der Waals surface area contributed by atoms with Gasteiger partial charge < -0.3 is 11.1 Å². The number of nitrogens with one attached hydrogen (secondary N) is 2. The summed E-state index contributed by atoms with van der Waals surface area (Å²) in [5.74, 6) is -1.34. The van der Waals surface area contributed by atoms with E-state index in [1.807, 2.05) is 0 Å². The highest BCUT2D eigenvalue weighted by Crippen LogP contribution is 2.12. The number of nitrogen functional groups attached to an aromatic ring is 1. The lowest BCUT2D eigenvalue weighted by molar-refractivity contribution is 0.0940. The molecular weight excluding hydrogens is 285 g/mol. The van der Waals surface area contributed by atoms with Crippen molar-refractivity contribution in [2.24, 2.45) is 0 Å². The third kappa shape index (κ3) is 5.14. The maximum absolute atomic E-state index is 13.5. The molecule has 0 aliphatic heterocycles. The number of carbonyl (C=O) groups is 1. The molecule has 8 heteroatoms. The Bertz CT molecular complexity index is 614. The summed E-state index contributed by atoms with van der Waals surface area (Å²) in [6.07, 6.45) is 1.02. The molecule has 1 aromatic carbocycles. The molecule has 6 nitrogen and oxygen atoms in total. The number of anilines is 1. The fourth-order valence-corrected chi connectivity index (χ4v) is 2.73. The van der Waals surface area contributed by atoms with E-state index >= 15 is 0 Å². The van der Waals surface area contributed by atoms with Crippen LogP contribution in [0.1, 0.15) is 24.2 Å². The summed E-state index contributed by atoms with van der Waals surface area (Å²) in [4.78, 5) is 11.8. The summed E-state index contributed by atoms with van der Waals surface area (Å²) in [6, 6.07) is 3.67. The molecule has 0 saturated heterocycles. The van der Waals surface area contributed by atoms with Gasteiger partial charge in [-0.3, -0.25) is 4.79 Å². The van der Waals surface area contributed by atoms with Crippen LogP contribution in [0, 0.1) is 5.82 Å². The lowest BCUT2D eigenvalue weighted by Crippen LogP contribution is -2.51. The number of sulfonamides is 1. The number of halogens is 1. The van der Waals surface area contributed by atoms with Crippen LogP contribution in [0.3, 0.4) is 0 Å². The summed E-state index contributed by atoms with van der Waals surface area (Å²) in [5.41, 5.74) is 4.69. The second-order valence-electron chi connectivity index (χ2n) is 5.18. The van der Waals surface area contributed by atoms with E-state index in [2.05, 4.69) is 10.0 Å². The van der Waals surface area contributed by atoms with Gasteiger partial charge in [0.15, 0.2) is 0 Å². The minimum Gasteiger partial charge on any atom is -0.399 e. The number of hydrogen-bond acceptors (Lipinski definition) is 4. The van der Waals surface area contributed by atoms with E-state index in [9.17, 15) is 17.6 Å². The van der Waals surface area contributed by atoms with Crippen molar-refractivity contribution >= 4 is 21.6 Å². The maximum atomic E-state index is 13.5. The SMILES string of the molecule is CC(C)(CNC(=O)c1cc(N)ccc1F)NS(C)(=O)=O. The van der Waals surface area contributed by atoms with Crippen LogP contribution >= 0.6 is 0 Å². The second kappa shape index (κ2) is 5.76. The van der Waals surface area contributed by atoms with Gasteiger partial charge in [-0.2, -0.15) is 0 Å². The number of carbonyl (C=O) groups excluding carboxylic acids is 1. The predicted octanol–water partition coefficient (Wildman–Crippen LogP) is 0.466. The number of benzene rings is 1. The minimum atomic E-state index is -3.40. The molecule has 20 heavy (non-hydrogen) atoms. The number of rotatable bonds is 5. The summed E-state index contributed by atoms with van der Waals surface area (Å²) in [7, 11) is -3.40. The second-order valence-corrected chi connectivity index (χ2v) is 6.93. The monoisotopic (exact) mass is 303 g/mol. The van der Waals surface area contributed by atoms with Crippen molar-refractivity contribution in [2.45, 2.75) is 19.4 Å². The van der Waals surface area contributed by atoms with Crippen LogP contribution in [0.4, 0.5) is 10.1 Å². The van der Waals surface area contributed by atoms with Gasteiger partial charge in [-0.05, 0) is 32.0 Å². The first kappa shape index (κ1) is 16.4. The molecule has 1 aromatic rings. The first-order valence-electron chi connectivity index (χ1n) is 5.82. The summed E-state index contributed by atoms with van der Waals surface area (Å²) in [5, 5.41) is 2.47. The average molecular weight is 303 g/mol. The Kier molecular flexibility index (Phi) is 4.72. The lowest BCUT2D eigenvalue weighted by atomic mass is 10.1. The van der Waals surface area contributed by atoms with E-state index in [-0.39, 0.29) is 17.8 Å². The highest BCUT2D eigenvalue weighted by atomic mass is 32.2. The van der Waals surface area contributed by atoms with Crippen molar-refractivity contribution in [3.8, 4) is 0 Å². The van der Waals surface area contributed by atoms with E-state index in [1.165, 1.54) is 12.1 Å². The highest BCUT2D eigenvalue weighted by Gasteiger charge is 2.23. The van der Waals surface area contributed by atoms with Crippen molar-refractivity contribution in [1.82, 2.24) is 10.0 Å². The Morgan fingerprint density at radius 2 is 2.00 bits per heavy atom. The average Bonchev–Trinajstić information content (AvgIpc) is 2.26. The fraction of sp³-hybridized carbons (Fsp3) is 0.417. The Morgan fingerprint density at radius 1 is 1.40 bits per heavy atom. The molecule has 0 spiro atoms. The van der Waals surface area contributed by atoms with Gasteiger partial charge in [0.25, 0.3) is 5.91 Å². The van der Waals surface area contributed by atoms with Crippen molar-refractivity contribution in [3.05, 3.63) is 29.6 Å². The third-order valence-corrected chi connectivity index (χ3v) is 3.31. The molecule has 0 aliphatic carbocycles. The molecule has 4 N–H and O–H groups in total. The molecule has 1 amide bonds. The van der Waals surface area contributed by atoms with Crippen LogP contribution < -0.4 is 15.8 Å². The largest absolute Gasteiger partial charge is 0.399 e. The molecule has 0 atom stereocenters. The van der Waals surface area contributed by atoms with Crippen molar-refractivity contribution in [3.63, 3.8) is 0 Å². The smallest absolute Gasteiger partial charge is 0.254 e. The Hall–Kier alpha value is -1.67. The van der Waals surface area contributed by atoms with Crippen LogP contribution in [0.25, 0.3) is 0 Å². The Morgan fingerprint density at radius 3 is 2.55 bits per heavy atom. The first-order valence-corrected chi connectivity index (χ1v) is 7.71. The lowest BCUT2D eigenvalue weighted by Gasteiger charge is -2.25. The molecule has 1 rings (SSSR count). The third-order valence-electron chi connectivity index (χ3n) is 2.39. The standard InChI is InChI=1S/C12H18FN3O3S/c1-12(2,16-20(3,18)19)7-15-11(17)9-6-8(14)4-5-10(9)13/h4-6,16H,7,14H2,1-3H3,(H,15,17). The van der Waals surface area contributed by atoms with E-state index in [1.54, 1.807) is 13.8 Å². The number of hydrogen-bond donors (Lipinski definition) is 3. The molecule has 0 fully saturated rings. The maximum Gasteiger partial charge on any atom is 0.254 e. The van der Waals surface area contributed by atoms with Gasteiger partial charge in [0, 0.05) is 17.8 Å². The Balaban J connectivity index is 2.75. The first-order chi connectivity index (χ1) is 9.00. The van der Waals surface area contributed by atoms with Gasteiger partial charge in [0.1, 0.15) is 5.82 Å². The van der Waals surface area contributed by atoms with Crippen molar-refractivity contribution < 1.29 is 17.6 Å². The van der Waals surface area contributed by atoms with E-state index < -0.39 is 27.3 Å². The molecule has 0 bridgehead atoms. The predicted molar refractivity (Wildman–Crippen MR) is 75.2 cm³/mol. The van der Waals surface area contributed by atoms with E-state index in [0.29, 0.717) is 0 Å². The zero-order valence-electron chi connectivity index (χ0n) is 11.5. The molecule has 0 aliphatic rings. The van der Waals surface area contributed by atoms with Crippen LogP contribution in [0.15, 0.2) is 18.2 Å². The van der Waals surface area contributed by atoms with E-state index in [0.717, 1.165) is 12.3 Å². The van der Waals surface area contributed by atoms with Crippen molar-refractivity contribution in [1.29, 1.82) is 0 Å². The normalized spacial score (nSPS) is 12.2. The molecule has 0 unspecified atom stereocenters. The zero-order valence-corrected chi connectivity index (χ0v) is 12.3. The van der Waals surface area contributed by atoms with Gasteiger partial charge in [0.05, 0.1) is 11.8 Å². The molecule has 112 valence electrons. The molecular formula is C12H18FN3O3S. The molecule has 0 saturated carbocycles. The highest BCUT2D eigenvalue weighted by molar-refractivity contribution is 7.88. The van der Waals surface area contributed by atoms with E-state index in [4.69, 9.17) is 5.73 Å². The van der Waals surface area contributed by atoms with Gasteiger partial charge in [-0.25, -0.2) is 17.5 Å². The summed E-state index contributed by atoms with van der Waals surface area (Å²) in [6.45, 7) is 3.21. The van der Waals surface area contributed by atoms with Crippen molar-refractivity contribution in [2.75, 3.05) is 18.5 Å². The number of nitrogens with two attached hydrogens (primary N) is 1. The van der Waals surface area contributed by atoms with Gasteiger partial charge in [0.2, 0.25) is 10.0 Å². The minimum absolute atomic E-state index is 0.00709. The summed E-state index contributed by atoms with van der Waals surface area (Å²) < 4.78 is 38.2. The van der Waals surface area contributed by atoms with Gasteiger partial charge >= 0.3 is 0 Å². The van der Waals surface area contributed by atoms with Gasteiger partial charge in [-0.1, -0.05) is 0 Å². The van der Waals surface area contributed by atoms with Crippen LogP contribution in [-0.4, -0.2) is 32.7 Å². The van der Waals surface area contributed by atoms with Gasteiger partial charge in [-0.15, -0.1) is 0 Å². The zero-order chi connectivity index (χ0) is 15.6. The topological polar surface area (TPSA) is 101 Å². The number of amides is 1. The fourth-order valence-electron chi connectivity index (χ4n) is 1.65. The van der Waals surface area contributed by atoms with Crippen LogP contribution in [0.2, 0.25) is 0 Å². The molecule has 0 radical (unpaired) electrons. The van der Waals surface area contributed by atoms with Crippen LogP contribution in [-0.2, 0) is 10.0 Å². The molecule has 0 heterocycles. The quantitative estimate of drug-likeness (QED) is 0.688. The summed E-state index contributed by atoms with van der Waals surface area (Å²) >= 11 is 0. The Labute approximate surface area is 117 Å². The van der Waals surface area contributed by atoms with Crippen LogP contribution in [0.5, 0.6) is 0 Å². The molecule has 0 aromatic heterocycles.